The number of epoxide rings is 1. The Morgan fingerprint density at radius 3 is 2.44 bits per heavy atom. The molecule has 4 atom stereocenters. The van der Waals surface area contributed by atoms with E-state index in [1.165, 1.54) is 0 Å². The summed E-state index contributed by atoms with van der Waals surface area (Å²) in [6.45, 7) is 19.2. The molecular weight excluding hydrogens is 541 g/mol. The van der Waals surface area contributed by atoms with Crippen LogP contribution in [-0.4, -0.2) is 79.9 Å². The maximum atomic E-state index is 13.2. The molecule has 7 nitrogen and oxygen atoms in total. The van der Waals surface area contributed by atoms with Gasteiger partial charge in [0.1, 0.15) is 0 Å². The molecule has 4 fully saturated rings. The van der Waals surface area contributed by atoms with Gasteiger partial charge in [-0.3, -0.25) is 0 Å². The molecule has 9 heteroatoms. The molecule has 4 rings (SSSR count). The molecule has 186 valence electrons. The van der Waals surface area contributed by atoms with Crippen LogP contribution in [0.15, 0.2) is 12.2 Å². The third-order valence-electron chi connectivity index (χ3n) is 7.19. The van der Waals surface area contributed by atoms with E-state index in [4.69, 9.17) is 12.0 Å². The number of hydrogen-bond acceptors (Lipinski definition) is 6. The van der Waals surface area contributed by atoms with Crippen molar-refractivity contribution in [1.29, 1.82) is 0 Å². The van der Waals surface area contributed by atoms with Gasteiger partial charge in [0, 0.05) is 0 Å². The van der Waals surface area contributed by atoms with Crippen molar-refractivity contribution in [2.45, 2.75) is 92.7 Å². The van der Waals surface area contributed by atoms with Crippen LogP contribution in [0.1, 0.15) is 60.8 Å². The second kappa shape index (κ2) is 7.98. The van der Waals surface area contributed by atoms with Crippen molar-refractivity contribution in [3.8, 4) is 0 Å². The third-order valence-corrected chi connectivity index (χ3v) is 15.5. The molecule has 0 bridgehead atoms. The van der Waals surface area contributed by atoms with Crippen molar-refractivity contribution in [1.82, 2.24) is 15.1 Å². The number of hydrogen-bond donors (Lipinski definition) is 1. The minimum absolute atomic E-state index is 0.0529. The zero-order valence-electron chi connectivity index (χ0n) is 20.9. The Hall–Kier alpha value is -0.0700. The minimum atomic E-state index is -1.23. The maximum absolute atomic E-state index is 13.2. The van der Waals surface area contributed by atoms with Crippen molar-refractivity contribution in [3.05, 3.63) is 12.2 Å². The summed E-state index contributed by atoms with van der Waals surface area (Å²) < 4.78 is 19.1. The van der Waals surface area contributed by atoms with Gasteiger partial charge in [0.2, 0.25) is 0 Å². The van der Waals surface area contributed by atoms with Crippen molar-refractivity contribution < 1.29 is 38.4 Å². The summed E-state index contributed by atoms with van der Waals surface area (Å²) in [5.41, 5.74) is 0.0453. The first kappa shape index (κ1) is 25.0. The number of nitrogens with one attached hydrogen (secondary N) is 1. The molecule has 0 aromatic rings. The van der Waals surface area contributed by atoms with Crippen LogP contribution >= 0.6 is 10.3 Å². The fourth-order valence-corrected chi connectivity index (χ4v) is 10.0. The van der Waals surface area contributed by atoms with Crippen LogP contribution in [0.25, 0.3) is 0 Å². The molecule has 3 heterocycles. The number of carbonyl (C=O) groups excluding carboxylic acids is 1. The molecule has 32 heavy (non-hydrogen) atoms. The summed E-state index contributed by atoms with van der Waals surface area (Å²) in [6, 6.07) is 0. The SMILES string of the molecule is C=C1CC12CN(C1OC13CCCN3)C([I-]OS(C)(C)C(C)(C)C)CN2C(=O)OC(C)(C)C. The Bertz CT molecular complexity index is 787. The van der Waals surface area contributed by atoms with E-state index in [0.29, 0.717) is 6.54 Å². The van der Waals surface area contributed by atoms with Crippen molar-refractivity contribution in [2.24, 2.45) is 0 Å². The molecule has 1 N–H and O–H groups in total. The van der Waals surface area contributed by atoms with Gasteiger partial charge < -0.3 is 0 Å². The Morgan fingerprint density at radius 2 is 1.94 bits per heavy atom. The average Bonchev–Trinajstić information content (AvgIpc) is 3.41. The van der Waals surface area contributed by atoms with Gasteiger partial charge in [0.15, 0.2) is 0 Å². The van der Waals surface area contributed by atoms with Gasteiger partial charge in [-0.1, -0.05) is 0 Å². The number of amides is 1. The second-order valence-electron chi connectivity index (χ2n) is 11.9. The standard InChI is InChI=1S/C23H41IN3O4S/c1-16-13-22(16)15-26(18-23(29-18)11-10-12-25-23)17(24-31-32(8,9)21(5,6)7)14-27(22)19(28)30-20(2,3)4/h17-18,25H,1,10-15H2,2-9H3/q-1. The molecule has 4 aliphatic rings. The van der Waals surface area contributed by atoms with Gasteiger partial charge in [-0.2, -0.15) is 0 Å². The Kier molecular flexibility index (Phi) is 6.24. The molecule has 2 spiro atoms. The van der Waals surface area contributed by atoms with E-state index < -0.39 is 37.5 Å². The summed E-state index contributed by atoms with van der Waals surface area (Å²) >= 11 is -0.658. The number of rotatable bonds is 4. The molecule has 0 aromatic heterocycles. The summed E-state index contributed by atoms with van der Waals surface area (Å²) in [7, 11) is -1.23. The van der Waals surface area contributed by atoms with E-state index >= 15 is 0 Å². The number of piperazine rings is 1. The molecular formula is C23H41IN3O4S-. The predicted octanol–water partition coefficient (Wildman–Crippen LogP) is 0.798. The average molecular weight is 583 g/mol. The first-order valence-corrected chi connectivity index (χ1v) is 16.0. The van der Waals surface area contributed by atoms with Gasteiger partial charge in [0.25, 0.3) is 0 Å². The topological polar surface area (TPSA) is 66.6 Å². The molecule has 1 saturated carbocycles. The number of carbonyl (C=O) groups is 1. The van der Waals surface area contributed by atoms with E-state index in [9.17, 15) is 4.79 Å². The Balaban J connectivity index is 1.57. The van der Waals surface area contributed by atoms with Gasteiger partial charge in [-0.15, -0.1) is 0 Å². The second-order valence-corrected chi connectivity index (χ2v) is 18.7. The van der Waals surface area contributed by atoms with E-state index in [1.807, 2.05) is 25.7 Å². The van der Waals surface area contributed by atoms with Crippen LogP contribution in [0.5, 0.6) is 0 Å². The normalized spacial score (nSPS) is 36.2. The Labute approximate surface area is 206 Å². The summed E-state index contributed by atoms with van der Waals surface area (Å²) in [4.78, 5) is 17.7. The predicted molar refractivity (Wildman–Crippen MR) is 125 cm³/mol. The van der Waals surface area contributed by atoms with E-state index in [0.717, 1.165) is 37.9 Å². The molecule has 1 aliphatic carbocycles. The number of alkyl halides is 1. The quantitative estimate of drug-likeness (QED) is 0.174. The fraction of sp³-hybridized carbons (Fsp3) is 0.870. The van der Waals surface area contributed by atoms with Gasteiger partial charge >= 0.3 is 207 Å². The van der Waals surface area contributed by atoms with E-state index in [2.05, 4.69) is 50.1 Å². The first-order valence-electron chi connectivity index (χ1n) is 11.5. The number of nitrogens with zero attached hydrogens (tertiary/aromatic N) is 2. The van der Waals surface area contributed by atoms with Crippen LogP contribution in [0.3, 0.4) is 0 Å². The van der Waals surface area contributed by atoms with Crippen LogP contribution < -0.4 is 26.9 Å². The molecule has 1 amide bonds. The number of ether oxygens (including phenoxy) is 2. The molecule has 3 aliphatic heterocycles. The fourth-order valence-electron chi connectivity index (χ4n) is 4.33. The van der Waals surface area contributed by atoms with Crippen molar-refractivity contribution >= 4 is 16.4 Å². The van der Waals surface area contributed by atoms with Gasteiger partial charge in [-0.05, 0) is 0 Å². The summed E-state index contributed by atoms with van der Waals surface area (Å²) in [5, 5.41) is 3.58. The third kappa shape index (κ3) is 4.58. The molecule has 0 aromatic carbocycles. The monoisotopic (exact) mass is 582 g/mol. The molecule has 3 saturated heterocycles. The molecule has 4 unspecified atom stereocenters. The van der Waals surface area contributed by atoms with Crippen LogP contribution in [0.2, 0.25) is 0 Å². The Morgan fingerprint density at radius 1 is 1.28 bits per heavy atom. The van der Waals surface area contributed by atoms with Crippen LogP contribution in [-0.2, 0) is 12.0 Å². The van der Waals surface area contributed by atoms with Gasteiger partial charge in [-0.25, -0.2) is 0 Å². The zero-order valence-corrected chi connectivity index (χ0v) is 23.9. The van der Waals surface area contributed by atoms with Crippen LogP contribution in [0.4, 0.5) is 4.79 Å². The summed E-state index contributed by atoms with van der Waals surface area (Å²) in [6.07, 6.45) is 7.34. The first-order chi connectivity index (χ1) is 14.6. The molecule has 0 radical (unpaired) electrons. The van der Waals surface area contributed by atoms with Gasteiger partial charge in [0.05, 0.1) is 0 Å². The number of halogens is 1. The van der Waals surface area contributed by atoms with E-state index in [-0.39, 0.29) is 32.4 Å². The van der Waals surface area contributed by atoms with Crippen molar-refractivity contribution in [3.63, 3.8) is 0 Å². The summed E-state index contributed by atoms with van der Waals surface area (Å²) in [5.74, 6) is 0. The van der Waals surface area contributed by atoms with E-state index in [1.54, 1.807) is 0 Å². The van der Waals surface area contributed by atoms with Crippen molar-refractivity contribution in [2.75, 3.05) is 32.1 Å². The van der Waals surface area contributed by atoms with Crippen LogP contribution in [0, 0.1) is 0 Å². The zero-order chi connectivity index (χ0) is 23.7.